The summed E-state index contributed by atoms with van der Waals surface area (Å²) in [5.74, 6) is 0.246. The van der Waals surface area contributed by atoms with Crippen molar-refractivity contribution in [1.82, 2.24) is 0 Å². The van der Waals surface area contributed by atoms with Gasteiger partial charge in [0.05, 0.1) is 18.2 Å². The lowest BCUT2D eigenvalue weighted by Crippen LogP contribution is -2.20. The molecule has 1 unspecified atom stereocenters. The summed E-state index contributed by atoms with van der Waals surface area (Å²) in [6.45, 7) is 2.09. The van der Waals surface area contributed by atoms with E-state index in [1.54, 1.807) is 43.3 Å². The van der Waals surface area contributed by atoms with Crippen molar-refractivity contribution in [1.29, 1.82) is 0 Å². The smallest absolute Gasteiger partial charge is 0.338 e. The molecule has 1 heterocycles. The second-order valence-corrected chi connectivity index (χ2v) is 4.78. The first kappa shape index (κ1) is 15.8. The average Bonchev–Trinajstić information content (AvgIpc) is 2.97. The molecule has 6 nitrogen and oxygen atoms in total. The lowest BCUT2D eigenvalue weighted by molar-refractivity contribution is -0.118. The van der Waals surface area contributed by atoms with Crippen molar-refractivity contribution in [3.8, 4) is 11.3 Å². The Morgan fingerprint density at radius 1 is 1.18 bits per heavy atom. The van der Waals surface area contributed by atoms with E-state index in [0.29, 0.717) is 23.7 Å². The minimum atomic E-state index is -0.565. The molecule has 0 bridgehead atoms. The van der Waals surface area contributed by atoms with Gasteiger partial charge in [-0.3, -0.25) is 4.79 Å². The molecular weight excluding hydrogens is 284 g/mol. The molecule has 0 saturated carbocycles. The van der Waals surface area contributed by atoms with E-state index in [-0.39, 0.29) is 12.4 Å². The van der Waals surface area contributed by atoms with Crippen molar-refractivity contribution in [2.45, 2.75) is 19.4 Å². The van der Waals surface area contributed by atoms with Gasteiger partial charge in [0.2, 0.25) is 5.91 Å². The highest BCUT2D eigenvalue weighted by molar-refractivity contribution is 5.89. The van der Waals surface area contributed by atoms with Gasteiger partial charge in [0.1, 0.15) is 11.5 Å². The van der Waals surface area contributed by atoms with Gasteiger partial charge < -0.3 is 20.6 Å². The molecule has 116 valence electrons. The second-order valence-electron chi connectivity index (χ2n) is 4.78. The highest BCUT2D eigenvalue weighted by Gasteiger charge is 2.14. The maximum absolute atomic E-state index is 11.6. The maximum Gasteiger partial charge on any atom is 0.338 e. The van der Waals surface area contributed by atoms with Crippen LogP contribution < -0.4 is 11.5 Å². The predicted octanol–water partition coefficient (Wildman–Crippen LogP) is 2.00. The van der Waals surface area contributed by atoms with Crippen LogP contribution in [0.1, 0.15) is 35.5 Å². The normalized spacial score (nSPS) is 11.9. The van der Waals surface area contributed by atoms with Crippen LogP contribution in [0.15, 0.2) is 40.8 Å². The third-order valence-corrected chi connectivity index (χ3v) is 3.09. The number of esters is 1. The van der Waals surface area contributed by atoms with Crippen LogP contribution in [-0.2, 0) is 9.53 Å². The van der Waals surface area contributed by atoms with Crippen LogP contribution in [0, 0.1) is 0 Å². The van der Waals surface area contributed by atoms with Gasteiger partial charge in [0.25, 0.3) is 0 Å². The van der Waals surface area contributed by atoms with Crippen molar-refractivity contribution in [2.24, 2.45) is 11.5 Å². The Hall–Kier alpha value is -2.60. The molecule has 0 fully saturated rings. The quantitative estimate of drug-likeness (QED) is 0.793. The first-order chi connectivity index (χ1) is 10.5. The van der Waals surface area contributed by atoms with Gasteiger partial charge in [-0.05, 0) is 31.2 Å². The number of amides is 1. The minimum absolute atomic E-state index is 0.0226. The summed E-state index contributed by atoms with van der Waals surface area (Å²) >= 11 is 0. The van der Waals surface area contributed by atoms with Crippen LogP contribution in [0.5, 0.6) is 0 Å². The number of nitrogens with two attached hydrogens (primary N) is 2. The van der Waals surface area contributed by atoms with E-state index in [1.165, 1.54) is 0 Å². The van der Waals surface area contributed by atoms with Crippen LogP contribution in [0.2, 0.25) is 0 Å². The molecule has 0 saturated heterocycles. The molecule has 0 aliphatic rings. The van der Waals surface area contributed by atoms with Crippen LogP contribution in [0.25, 0.3) is 11.3 Å². The Labute approximate surface area is 128 Å². The molecule has 0 aliphatic heterocycles. The number of ether oxygens (including phenoxy) is 1. The van der Waals surface area contributed by atoms with E-state index < -0.39 is 11.9 Å². The fourth-order valence-corrected chi connectivity index (χ4v) is 2.01. The first-order valence-corrected chi connectivity index (χ1v) is 6.92. The molecule has 0 aliphatic carbocycles. The number of hydrogen-bond donors (Lipinski definition) is 2. The minimum Gasteiger partial charge on any atom is -0.462 e. The Kier molecular flexibility index (Phi) is 4.95. The first-order valence-electron chi connectivity index (χ1n) is 6.92. The monoisotopic (exact) mass is 302 g/mol. The van der Waals surface area contributed by atoms with E-state index >= 15 is 0 Å². The third-order valence-electron chi connectivity index (χ3n) is 3.09. The molecule has 2 aromatic rings. The number of benzene rings is 1. The SMILES string of the molecule is CCOC(=O)c1ccc(-c2ccc(C(N)CC(N)=O)o2)cc1. The lowest BCUT2D eigenvalue weighted by atomic mass is 10.1. The number of carbonyl (C=O) groups is 2. The van der Waals surface area contributed by atoms with Gasteiger partial charge in [-0.1, -0.05) is 12.1 Å². The topological polar surface area (TPSA) is 109 Å². The molecule has 1 atom stereocenters. The van der Waals surface area contributed by atoms with Crippen LogP contribution in [0.3, 0.4) is 0 Å². The van der Waals surface area contributed by atoms with Crippen molar-refractivity contribution >= 4 is 11.9 Å². The van der Waals surface area contributed by atoms with E-state index in [4.69, 9.17) is 20.6 Å². The van der Waals surface area contributed by atoms with Gasteiger partial charge in [-0.25, -0.2) is 4.79 Å². The van der Waals surface area contributed by atoms with E-state index in [9.17, 15) is 9.59 Å². The predicted molar refractivity (Wildman–Crippen MR) is 80.8 cm³/mol. The van der Waals surface area contributed by atoms with Gasteiger partial charge >= 0.3 is 5.97 Å². The van der Waals surface area contributed by atoms with Crippen molar-refractivity contribution in [3.05, 3.63) is 47.7 Å². The number of primary amides is 1. The molecule has 0 radical (unpaired) electrons. The van der Waals surface area contributed by atoms with E-state index in [0.717, 1.165) is 5.56 Å². The van der Waals surface area contributed by atoms with Crippen molar-refractivity contribution in [3.63, 3.8) is 0 Å². The van der Waals surface area contributed by atoms with Crippen molar-refractivity contribution in [2.75, 3.05) is 6.61 Å². The fraction of sp³-hybridized carbons (Fsp3) is 0.250. The summed E-state index contributed by atoms with van der Waals surface area (Å²) < 4.78 is 10.6. The molecule has 22 heavy (non-hydrogen) atoms. The van der Waals surface area contributed by atoms with Gasteiger partial charge in [0, 0.05) is 12.0 Å². The number of carbonyl (C=O) groups excluding carboxylic acids is 2. The average molecular weight is 302 g/mol. The zero-order valence-corrected chi connectivity index (χ0v) is 12.2. The highest BCUT2D eigenvalue weighted by Crippen LogP contribution is 2.26. The number of hydrogen-bond acceptors (Lipinski definition) is 5. The van der Waals surface area contributed by atoms with Crippen LogP contribution in [0.4, 0.5) is 0 Å². The van der Waals surface area contributed by atoms with Crippen molar-refractivity contribution < 1.29 is 18.7 Å². The molecule has 2 rings (SSSR count). The Bertz CT molecular complexity index is 661. The molecule has 6 heteroatoms. The Morgan fingerprint density at radius 2 is 1.86 bits per heavy atom. The van der Waals surface area contributed by atoms with Gasteiger partial charge in [-0.15, -0.1) is 0 Å². The standard InChI is InChI=1S/C16H18N2O4/c1-2-21-16(20)11-5-3-10(4-6-11)13-7-8-14(22-13)12(17)9-15(18)19/h3-8,12H,2,9,17H2,1H3,(H2,18,19). The zero-order valence-electron chi connectivity index (χ0n) is 12.2. The maximum atomic E-state index is 11.6. The van der Waals surface area contributed by atoms with Gasteiger partial charge in [0.15, 0.2) is 0 Å². The lowest BCUT2D eigenvalue weighted by Gasteiger charge is -2.05. The van der Waals surface area contributed by atoms with E-state index in [1.807, 2.05) is 0 Å². The molecule has 1 aromatic heterocycles. The largest absolute Gasteiger partial charge is 0.462 e. The summed E-state index contributed by atoms with van der Waals surface area (Å²) in [5, 5.41) is 0. The Balaban J connectivity index is 2.14. The summed E-state index contributed by atoms with van der Waals surface area (Å²) in [7, 11) is 0. The highest BCUT2D eigenvalue weighted by atomic mass is 16.5. The Morgan fingerprint density at radius 3 is 2.45 bits per heavy atom. The van der Waals surface area contributed by atoms with Crippen LogP contribution in [-0.4, -0.2) is 18.5 Å². The zero-order chi connectivity index (χ0) is 16.1. The second kappa shape index (κ2) is 6.91. The summed E-state index contributed by atoms with van der Waals surface area (Å²) in [6.07, 6.45) is 0.0226. The molecule has 1 amide bonds. The molecule has 0 spiro atoms. The summed E-state index contributed by atoms with van der Waals surface area (Å²) in [5.41, 5.74) is 12.2. The number of furan rings is 1. The third kappa shape index (κ3) is 3.73. The van der Waals surface area contributed by atoms with Gasteiger partial charge in [-0.2, -0.15) is 0 Å². The van der Waals surface area contributed by atoms with Crippen LogP contribution >= 0.6 is 0 Å². The fourth-order valence-electron chi connectivity index (χ4n) is 2.01. The number of rotatable bonds is 6. The summed E-state index contributed by atoms with van der Waals surface area (Å²) in [4.78, 5) is 22.5. The molecular formula is C16H18N2O4. The molecule has 1 aromatic carbocycles. The molecule has 4 N–H and O–H groups in total. The van der Waals surface area contributed by atoms with E-state index in [2.05, 4.69) is 0 Å². The summed E-state index contributed by atoms with van der Waals surface area (Å²) in [6, 6.07) is 9.75.